The molecule has 0 amide bonds. The molecule has 4 rings (SSSR count). The van der Waals surface area contributed by atoms with Gasteiger partial charge in [0, 0.05) is 56.0 Å². The Kier molecular flexibility index (Phi) is 5.22. The monoisotopic (exact) mass is 379 g/mol. The molecule has 0 aromatic heterocycles. The molecule has 1 aromatic carbocycles. The number of carbonyl (C=O) groups excluding carboxylic acids is 3. The van der Waals surface area contributed by atoms with E-state index in [9.17, 15) is 14.4 Å². The second-order valence-corrected chi connectivity index (χ2v) is 7.87. The maximum Gasteiger partial charge on any atom is 0.186 e. The SMILES string of the molecule is N=CC1C(=O)CCC(CC2=CC(=O)c3ccc(N4CCNCC4)cc3C2)C1=O. The summed E-state index contributed by atoms with van der Waals surface area (Å²) in [5.41, 5.74) is 3.84. The van der Waals surface area contributed by atoms with E-state index in [1.807, 2.05) is 12.1 Å². The zero-order chi connectivity index (χ0) is 19.7. The molecule has 6 nitrogen and oxygen atoms in total. The van der Waals surface area contributed by atoms with Gasteiger partial charge in [0.25, 0.3) is 0 Å². The first-order chi connectivity index (χ1) is 13.6. The number of fused-ring (bicyclic) bond motifs is 1. The Morgan fingerprint density at radius 3 is 2.71 bits per heavy atom. The van der Waals surface area contributed by atoms with Crippen LogP contribution in [0.4, 0.5) is 5.69 Å². The van der Waals surface area contributed by atoms with Gasteiger partial charge in [0.1, 0.15) is 11.7 Å². The van der Waals surface area contributed by atoms with Crippen LogP contribution in [0.5, 0.6) is 0 Å². The molecule has 1 heterocycles. The van der Waals surface area contributed by atoms with Crippen LogP contribution >= 0.6 is 0 Å². The number of nitrogens with one attached hydrogen (secondary N) is 2. The zero-order valence-corrected chi connectivity index (χ0v) is 15.9. The molecule has 2 fully saturated rings. The summed E-state index contributed by atoms with van der Waals surface area (Å²) in [7, 11) is 0. The fourth-order valence-corrected chi connectivity index (χ4v) is 4.50. The van der Waals surface area contributed by atoms with Crippen LogP contribution in [0, 0.1) is 17.2 Å². The molecule has 1 saturated heterocycles. The Hall–Kier alpha value is -2.60. The van der Waals surface area contributed by atoms with Gasteiger partial charge in [0.05, 0.1) is 0 Å². The Labute approximate surface area is 164 Å². The lowest BCUT2D eigenvalue weighted by molar-refractivity contribution is -0.135. The summed E-state index contributed by atoms with van der Waals surface area (Å²) in [4.78, 5) is 39.3. The molecule has 0 bridgehead atoms. The number of nitrogens with zero attached hydrogens (tertiary/aromatic N) is 1. The minimum atomic E-state index is -0.898. The van der Waals surface area contributed by atoms with Crippen molar-refractivity contribution in [3.63, 3.8) is 0 Å². The molecule has 0 spiro atoms. The summed E-state index contributed by atoms with van der Waals surface area (Å²) in [6.45, 7) is 3.81. The maximum atomic E-state index is 12.6. The van der Waals surface area contributed by atoms with Crippen LogP contribution < -0.4 is 10.2 Å². The molecular weight excluding hydrogens is 354 g/mol. The van der Waals surface area contributed by atoms with E-state index in [0.29, 0.717) is 25.7 Å². The molecule has 0 radical (unpaired) electrons. The average molecular weight is 379 g/mol. The highest BCUT2D eigenvalue weighted by molar-refractivity contribution is 6.16. The third-order valence-corrected chi connectivity index (χ3v) is 6.06. The number of piperazine rings is 1. The minimum absolute atomic E-state index is 0.00829. The van der Waals surface area contributed by atoms with Crippen LogP contribution in [0.3, 0.4) is 0 Å². The topological polar surface area (TPSA) is 90.3 Å². The molecule has 146 valence electrons. The number of benzene rings is 1. The summed E-state index contributed by atoms with van der Waals surface area (Å²) in [6.07, 6.45) is 4.64. The van der Waals surface area contributed by atoms with Crippen LogP contribution in [0.1, 0.15) is 35.2 Å². The number of hydrogen-bond acceptors (Lipinski definition) is 6. The molecule has 2 unspecified atom stereocenters. The molecule has 1 aromatic rings. The highest BCUT2D eigenvalue weighted by Crippen LogP contribution is 2.32. The third kappa shape index (κ3) is 3.56. The molecular formula is C22H25N3O3. The number of Topliss-reactive ketones (excluding diaryl/α,β-unsaturated/α-hetero) is 2. The fraction of sp³-hybridized carbons (Fsp3) is 0.455. The largest absolute Gasteiger partial charge is 0.369 e. The lowest BCUT2D eigenvalue weighted by atomic mass is 9.75. The minimum Gasteiger partial charge on any atom is -0.369 e. The van der Waals surface area contributed by atoms with Crippen molar-refractivity contribution >= 4 is 29.3 Å². The Morgan fingerprint density at radius 1 is 1.18 bits per heavy atom. The smallest absolute Gasteiger partial charge is 0.186 e. The highest BCUT2D eigenvalue weighted by atomic mass is 16.2. The predicted molar refractivity (Wildman–Crippen MR) is 107 cm³/mol. The summed E-state index contributed by atoms with van der Waals surface area (Å²) >= 11 is 0. The van der Waals surface area contributed by atoms with E-state index >= 15 is 0 Å². The summed E-state index contributed by atoms with van der Waals surface area (Å²) < 4.78 is 0. The number of allylic oxidation sites excluding steroid dienone is 2. The first-order valence-corrected chi connectivity index (χ1v) is 9.96. The van der Waals surface area contributed by atoms with Crippen molar-refractivity contribution in [2.45, 2.75) is 25.7 Å². The van der Waals surface area contributed by atoms with Crippen LogP contribution in [-0.4, -0.2) is 49.7 Å². The number of anilines is 1. The van der Waals surface area contributed by atoms with Gasteiger partial charge in [0.2, 0.25) is 0 Å². The number of carbonyl (C=O) groups is 3. The number of rotatable bonds is 4. The van der Waals surface area contributed by atoms with Crippen molar-refractivity contribution in [2.24, 2.45) is 11.8 Å². The predicted octanol–water partition coefficient (Wildman–Crippen LogP) is 1.97. The Balaban J connectivity index is 1.51. The molecule has 28 heavy (non-hydrogen) atoms. The number of hydrogen-bond donors (Lipinski definition) is 2. The van der Waals surface area contributed by atoms with E-state index in [4.69, 9.17) is 5.41 Å². The standard InChI is InChI=1S/C22H25N3O3/c23-13-19-20(26)4-1-15(22(19)28)9-14-10-16-12-17(25-7-5-24-6-8-25)2-3-18(16)21(27)11-14/h2-3,11-13,15,19,23-24H,1,4-10H2. The summed E-state index contributed by atoms with van der Waals surface area (Å²) in [5.74, 6) is -1.51. The molecule has 1 aliphatic heterocycles. The maximum absolute atomic E-state index is 12.6. The zero-order valence-electron chi connectivity index (χ0n) is 15.9. The lowest BCUT2D eigenvalue weighted by Gasteiger charge is -2.31. The molecule has 3 aliphatic rings. The van der Waals surface area contributed by atoms with Gasteiger partial charge in [-0.15, -0.1) is 0 Å². The van der Waals surface area contributed by atoms with Gasteiger partial charge in [-0.3, -0.25) is 14.4 Å². The van der Waals surface area contributed by atoms with Gasteiger partial charge in [-0.2, -0.15) is 0 Å². The Bertz CT molecular complexity index is 868. The van der Waals surface area contributed by atoms with E-state index in [1.54, 1.807) is 6.08 Å². The van der Waals surface area contributed by atoms with Crippen molar-refractivity contribution in [3.05, 3.63) is 41.0 Å². The highest BCUT2D eigenvalue weighted by Gasteiger charge is 2.36. The van der Waals surface area contributed by atoms with Crippen molar-refractivity contribution < 1.29 is 14.4 Å². The van der Waals surface area contributed by atoms with Crippen LogP contribution in [-0.2, 0) is 16.0 Å². The van der Waals surface area contributed by atoms with Crippen LogP contribution in [0.15, 0.2) is 29.8 Å². The quantitative estimate of drug-likeness (QED) is 0.617. The van der Waals surface area contributed by atoms with Gasteiger partial charge in [-0.05, 0) is 49.1 Å². The summed E-state index contributed by atoms with van der Waals surface area (Å²) in [5, 5.41) is 10.7. The van der Waals surface area contributed by atoms with E-state index in [1.165, 1.54) is 0 Å². The van der Waals surface area contributed by atoms with Gasteiger partial charge >= 0.3 is 0 Å². The van der Waals surface area contributed by atoms with Gasteiger partial charge in [0.15, 0.2) is 11.6 Å². The van der Waals surface area contributed by atoms with Gasteiger partial charge in [-0.1, -0.05) is 5.57 Å². The first-order valence-electron chi connectivity index (χ1n) is 9.96. The molecule has 2 atom stereocenters. The molecule has 2 aliphatic carbocycles. The van der Waals surface area contributed by atoms with Crippen molar-refractivity contribution in [3.8, 4) is 0 Å². The van der Waals surface area contributed by atoms with E-state index in [-0.39, 0.29) is 23.3 Å². The van der Waals surface area contributed by atoms with Gasteiger partial charge < -0.3 is 15.6 Å². The van der Waals surface area contributed by atoms with Gasteiger partial charge in [-0.25, -0.2) is 0 Å². The second kappa shape index (κ2) is 7.80. The van der Waals surface area contributed by atoms with Crippen LogP contribution in [0.25, 0.3) is 0 Å². The lowest BCUT2D eigenvalue weighted by Crippen LogP contribution is -2.43. The second-order valence-electron chi connectivity index (χ2n) is 7.87. The first kappa shape index (κ1) is 18.7. The summed E-state index contributed by atoms with van der Waals surface area (Å²) in [6, 6.07) is 6.04. The van der Waals surface area contributed by atoms with Crippen molar-refractivity contribution in [1.29, 1.82) is 5.41 Å². The fourth-order valence-electron chi connectivity index (χ4n) is 4.50. The molecule has 1 saturated carbocycles. The van der Waals surface area contributed by atoms with Crippen molar-refractivity contribution in [2.75, 3.05) is 31.1 Å². The average Bonchev–Trinajstić information content (AvgIpc) is 2.71. The number of ketones is 3. The molecule has 6 heteroatoms. The van der Waals surface area contributed by atoms with E-state index in [0.717, 1.165) is 54.8 Å². The van der Waals surface area contributed by atoms with E-state index < -0.39 is 5.92 Å². The van der Waals surface area contributed by atoms with Crippen molar-refractivity contribution in [1.82, 2.24) is 5.32 Å². The normalized spacial score (nSPS) is 25.4. The Morgan fingerprint density at radius 2 is 1.96 bits per heavy atom. The third-order valence-electron chi connectivity index (χ3n) is 6.06. The van der Waals surface area contributed by atoms with E-state index in [2.05, 4.69) is 16.3 Å². The molecule has 2 N–H and O–H groups in total. The van der Waals surface area contributed by atoms with Crippen LogP contribution in [0.2, 0.25) is 0 Å².